The van der Waals surface area contributed by atoms with E-state index in [1.807, 2.05) is 6.07 Å². The van der Waals surface area contributed by atoms with E-state index < -0.39 is 18.3 Å². The fraction of sp³-hybridized carbons (Fsp3) is 0.593. The number of aliphatic hydroxyl groups is 2. The number of anilines is 1. The lowest BCUT2D eigenvalue weighted by molar-refractivity contribution is -1.05. The number of carbonyl (C=O) groups is 1. The van der Waals surface area contributed by atoms with E-state index in [1.165, 1.54) is 18.4 Å². The summed E-state index contributed by atoms with van der Waals surface area (Å²) in [7, 11) is 3.51. The van der Waals surface area contributed by atoms with Crippen LogP contribution in [-0.2, 0) is 16.7 Å². The highest BCUT2D eigenvalue weighted by Crippen LogP contribution is 2.71. The Bertz CT molecular complexity index is 1180. The first-order valence-corrected chi connectivity index (χ1v) is 12.6. The summed E-state index contributed by atoms with van der Waals surface area (Å²) in [5.74, 6) is 1.04. The van der Waals surface area contributed by atoms with Crippen molar-refractivity contribution < 1.29 is 28.6 Å². The number of furan rings is 1. The Kier molecular flexibility index (Phi) is 4.10. The molecule has 180 valence electrons. The fourth-order valence-corrected chi connectivity index (χ4v) is 9.65. The van der Waals surface area contributed by atoms with Crippen LogP contribution in [0.1, 0.15) is 48.1 Å². The van der Waals surface area contributed by atoms with Gasteiger partial charge >= 0.3 is 5.97 Å². The third-order valence-corrected chi connectivity index (χ3v) is 10.6. The van der Waals surface area contributed by atoms with Crippen molar-refractivity contribution >= 4 is 11.7 Å². The van der Waals surface area contributed by atoms with Crippen LogP contribution in [0, 0.1) is 17.8 Å². The average molecular weight is 466 g/mol. The topological polar surface area (TPSA) is 83.1 Å². The van der Waals surface area contributed by atoms with Crippen molar-refractivity contribution in [1.29, 1.82) is 0 Å². The van der Waals surface area contributed by atoms with Crippen LogP contribution in [0.15, 0.2) is 40.8 Å². The highest BCUT2D eigenvalue weighted by Gasteiger charge is 2.83. The second-order valence-electron chi connectivity index (χ2n) is 11.3. The van der Waals surface area contributed by atoms with Crippen molar-refractivity contribution in [3.63, 3.8) is 0 Å². The molecule has 5 fully saturated rings. The summed E-state index contributed by atoms with van der Waals surface area (Å²) < 4.78 is 11.3. The highest BCUT2D eigenvalue weighted by molar-refractivity contribution is 5.86. The van der Waals surface area contributed by atoms with E-state index in [9.17, 15) is 15.0 Å². The minimum atomic E-state index is -0.512. The molecule has 5 bridgehead atoms. The second kappa shape index (κ2) is 6.65. The first-order chi connectivity index (χ1) is 16.4. The van der Waals surface area contributed by atoms with Crippen LogP contribution in [0.25, 0.3) is 0 Å². The summed E-state index contributed by atoms with van der Waals surface area (Å²) in [6, 6.07) is 12.6. The number of rotatable bonds is 4. The monoisotopic (exact) mass is 465 g/mol. The average Bonchev–Trinajstić information content (AvgIpc) is 3.47. The summed E-state index contributed by atoms with van der Waals surface area (Å²) >= 11 is 0. The quantitative estimate of drug-likeness (QED) is 0.534. The van der Waals surface area contributed by atoms with Crippen LogP contribution in [-0.4, -0.2) is 65.3 Å². The maximum Gasteiger partial charge on any atom is 0.373 e. The molecule has 7 nitrogen and oxygen atoms in total. The van der Waals surface area contributed by atoms with Gasteiger partial charge in [0.2, 0.25) is 5.76 Å². The van der Waals surface area contributed by atoms with Gasteiger partial charge in [0.1, 0.15) is 12.6 Å². The molecule has 4 saturated heterocycles. The Morgan fingerprint density at radius 1 is 1.24 bits per heavy atom. The van der Waals surface area contributed by atoms with Gasteiger partial charge in [0.15, 0.2) is 12.0 Å². The second-order valence-corrected chi connectivity index (χ2v) is 11.3. The van der Waals surface area contributed by atoms with Crippen LogP contribution < -0.4 is 4.90 Å². The van der Waals surface area contributed by atoms with Crippen LogP contribution in [0.4, 0.5) is 5.69 Å². The van der Waals surface area contributed by atoms with Gasteiger partial charge in [-0.1, -0.05) is 25.1 Å². The number of aliphatic hydroxyl groups excluding tert-OH is 2. The largest absolute Gasteiger partial charge is 0.463 e. The number of methoxy groups -OCH3 is 1. The minimum Gasteiger partial charge on any atom is -0.463 e. The maximum absolute atomic E-state index is 12.1. The number of esters is 1. The van der Waals surface area contributed by atoms with Crippen molar-refractivity contribution in [3.05, 3.63) is 53.5 Å². The van der Waals surface area contributed by atoms with Gasteiger partial charge in [-0.15, -0.1) is 0 Å². The lowest BCUT2D eigenvalue weighted by atomic mass is 9.60. The van der Waals surface area contributed by atoms with Gasteiger partial charge in [0.25, 0.3) is 0 Å². The fourth-order valence-electron chi connectivity index (χ4n) is 9.65. The lowest BCUT2D eigenvalue weighted by Gasteiger charge is -2.67. The summed E-state index contributed by atoms with van der Waals surface area (Å²) in [6.45, 7) is 2.69. The Labute approximate surface area is 199 Å². The number of benzene rings is 1. The van der Waals surface area contributed by atoms with Crippen LogP contribution in [0.5, 0.6) is 0 Å². The number of ether oxygens (including phenoxy) is 1. The SMILES string of the molecule is CC[C@H]1[C@@H]2C[C@@H]3[C@H]4N(C)c5ccccc5[C@]45C[C@@H]([C@@H]2[C@@H]5O)[N+]3(Cc2ccc(C(=O)OC)o2)[C@@H]1O. The number of likely N-dealkylation sites (N-methyl/N-ethyl adjacent to an activating group) is 1. The van der Waals surface area contributed by atoms with Gasteiger partial charge in [0, 0.05) is 37.4 Å². The third kappa shape index (κ3) is 2.10. The minimum absolute atomic E-state index is 0.119. The van der Waals surface area contributed by atoms with Gasteiger partial charge in [-0.2, -0.15) is 0 Å². The van der Waals surface area contributed by atoms with Gasteiger partial charge in [-0.3, -0.25) is 4.48 Å². The van der Waals surface area contributed by atoms with Crippen LogP contribution >= 0.6 is 0 Å². The zero-order chi connectivity index (χ0) is 23.6. The molecule has 34 heavy (non-hydrogen) atoms. The molecule has 6 heterocycles. The molecule has 1 unspecified atom stereocenters. The van der Waals surface area contributed by atoms with Gasteiger partial charge < -0.3 is 24.3 Å². The van der Waals surface area contributed by atoms with Crippen molar-refractivity contribution in [1.82, 2.24) is 0 Å². The third-order valence-electron chi connectivity index (χ3n) is 10.6. The van der Waals surface area contributed by atoms with E-state index in [2.05, 4.69) is 43.1 Å². The number of carbonyl (C=O) groups excluding carboxylic acids is 1. The number of quaternary nitrogens is 1. The van der Waals surface area contributed by atoms with E-state index in [4.69, 9.17) is 9.15 Å². The number of fused-ring (bicyclic) bond motifs is 2. The summed E-state index contributed by atoms with van der Waals surface area (Å²) in [6.07, 6.45) is 1.83. The molecule has 10 atom stereocenters. The molecule has 1 aliphatic carbocycles. The van der Waals surface area contributed by atoms with E-state index in [-0.39, 0.29) is 41.1 Å². The standard InChI is InChI=1S/C27H33N2O5/c1-4-15-16-11-19-23-27(17-7-5-6-8-18(17)28(23)2)12-20(22(16)24(27)30)29(19,25(15)31)13-14-9-10-21(34-14)26(32)33-3/h5-10,15-16,19-20,22-25,30-31H,4,11-13H2,1-3H3/q+1/t15-,16-,19+,20-,22+,23+,24-,25+,27+,29?/m0/s1. The summed E-state index contributed by atoms with van der Waals surface area (Å²) in [5.41, 5.74) is 2.20. The number of hydrogen-bond donors (Lipinski definition) is 2. The Morgan fingerprint density at radius 2 is 2.03 bits per heavy atom. The molecule has 1 spiro atoms. The molecule has 2 N–H and O–H groups in total. The molecule has 7 heteroatoms. The Hall–Kier alpha value is -2.35. The van der Waals surface area contributed by atoms with E-state index in [0.29, 0.717) is 22.7 Å². The van der Waals surface area contributed by atoms with Crippen molar-refractivity contribution in [3.8, 4) is 0 Å². The molecular formula is C27H33N2O5+. The number of hydrogen-bond acceptors (Lipinski definition) is 6. The predicted octanol–water partition coefficient (Wildman–Crippen LogP) is 2.65. The summed E-state index contributed by atoms with van der Waals surface area (Å²) in [5, 5.41) is 24.1. The van der Waals surface area contributed by atoms with E-state index in [1.54, 1.807) is 6.07 Å². The zero-order valence-electron chi connectivity index (χ0n) is 19.9. The molecule has 8 rings (SSSR count). The Balaban J connectivity index is 1.41. The normalized spacial score (nSPS) is 44.9. The van der Waals surface area contributed by atoms with Gasteiger partial charge in [-0.25, -0.2) is 4.79 Å². The molecule has 0 amide bonds. The van der Waals surface area contributed by atoms with E-state index in [0.717, 1.165) is 19.3 Å². The molecule has 6 aliphatic rings. The number of piperidine rings is 4. The molecule has 0 radical (unpaired) electrons. The smallest absolute Gasteiger partial charge is 0.373 e. The van der Waals surface area contributed by atoms with Gasteiger partial charge in [-0.05, 0) is 36.1 Å². The van der Waals surface area contributed by atoms with Crippen LogP contribution in [0.2, 0.25) is 0 Å². The first-order valence-electron chi connectivity index (χ1n) is 12.6. The zero-order valence-corrected chi connectivity index (χ0v) is 19.9. The van der Waals surface area contributed by atoms with Crippen molar-refractivity contribution in [2.45, 2.75) is 68.6 Å². The van der Waals surface area contributed by atoms with Crippen LogP contribution in [0.3, 0.4) is 0 Å². The highest BCUT2D eigenvalue weighted by atomic mass is 16.5. The first kappa shape index (κ1) is 21.0. The van der Waals surface area contributed by atoms with E-state index >= 15 is 0 Å². The molecule has 5 aliphatic heterocycles. The predicted molar refractivity (Wildman–Crippen MR) is 124 cm³/mol. The maximum atomic E-state index is 12.1. The molecule has 1 saturated carbocycles. The van der Waals surface area contributed by atoms with Crippen molar-refractivity contribution in [2.24, 2.45) is 17.8 Å². The number of para-hydroxylation sites is 1. The molecular weight excluding hydrogens is 432 g/mol. The Morgan fingerprint density at radius 3 is 2.79 bits per heavy atom. The lowest BCUT2D eigenvalue weighted by Crippen LogP contribution is -2.82. The molecule has 1 aromatic carbocycles. The molecule has 1 aromatic heterocycles. The molecule has 2 aromatic rings. The van der Waals surface area contributed by atoms with Gasteiger partial charge in [0.05, 0.1) is 30.7 Å². The number of nitrogens with zero attached hydrogens (tertiary/aromatic N) is 2. The van der Waals surface area contributed by atoms with Crippen molar-refractivity contribution in [2.75, 3.05) is 19.1 Å². The summed E-state index contributed by atoms with van der Waals surface area (Å²) in [4.78, 5) is 14.4.